The number of aliphatic hydroxyl groups is 1. The fraction of sp³-hybridized carbons (Fsp3) is 0.600. The zero-order valence-corrected chi connectivity index (χ0v) is 7.94. The third kappa shape index (κ3) is 2.51. The molecule has 0 fully saturated rings. The van der Waals surface area contributed by atoms with Gasteiger partial charge >= 0.3 is 0 Å². The van der Waals surface area contributed by atoms with Crippen LogP contribution in [0.2, 0.25) is 0 Å². The Kier molecular flexibility index (Phi) is 3.53. The monoisotopic (exact) mass is 154 g/mol. The molecule has 0 saturated carbocycles. The molecule has 11 heavy (non-hydrogen) atoms. The van der Waals surface area contributed by atoms with Crippen molar-refractivity contribution in [1.29, 1.82) is 0 Å². The third-order valence-corrected chi connectivity index (χ3v) is 2.11. The Hall–Kier alpha value is -0.560. The quantitative estimate of drug-likeness (QED) is 0.620. The van der Waals surface area contributed by atoms with Crippen molar-refractivity contribution >= 4 is 0 Å². The van der Waals surface area contributed by atoms with Crippen LogP contribution in [0.15, 0.2) is 23.8 Å². The van der Waals surface area contributed by atoms with E-state index in [4.69, 9.17) is 0 Å². The normalized spacial score (nSPS) is 17.7. The summed E-state index contributed by atoms with van der Waals surface area (Å²) in [5.41, 5.74) is 0.947. The molecule has 1 N–H and O–H groups in total. The number of hydrogen-bond donors (Lipinski definition) is 1. The van der Waals surface area contributed by atoms with Crippen LogP contribution < -0.4 is 0 Å². The maximum atomic E-state index is 9.82. The van der Waals surface area contributed by atoms with Crippen molar-refractivity contribution in [2.45, 2.75) is 39.7 Å². The van der Waals surface area contributed by atoms with Gasteiger partial charge in [0.05, 0.1) is 0 Å². The number of rotatable bonds is 3. The molecule has 0 saturated heterocycles. The van der Waals surface area contributed by atoms with E-state index in [9.17, 15) is 5.11 Å². The number of allylic oxidation sites excluding steroid dienone is 1. The van der Waals surface area contributed by atoms with Gasteiger partial charge in [0.2, 0.25) is 0 Å². The third-order valence-electron chi connectivity index (χ3n) is 2.11. The zero-order valence-electron chi connectivity index (χ0n) is 7.94. The van der Waals surface area contributed by atoms with Crippen molar-refractivity contribution in [3.8, 4) is 0 Å². The van der Waals surface area contributed by atoms with Gasteiger partial charge in [-0.2, -0.15) is 0 Å². The lowest BCUT2D eigenvalue weighted by Crippen LogP contribution is -2.26. The molecule has 1 unspecified atom stereocenters. The van der Waals surface area contributed by atoms with Gasteiger partial charge in [-0.15, -0.1) is 0 Å². The van der Waals surface area contributed by atoms with E-state index in [2.05, 4.69) is 13.5 Å². The van der Waals surface area contributed by atoms with Gasteiger partial charge in [-0.1, -0.05) is 19.6 Å². The van der Waals surface area contributed by atoms with Crippen LogP contribution in [-0.2, 0) is 0 Å². The van der Waals surface area contributed by atoms with Crippen LogP contribution >= 0.6 is 0 Å². The van der Waals surface area contributed by atoms with E-state index in [1.54, 1.807) is 6.92 Å². The Labute approximate surface area is 69.4 Å². The van der Waals surface area contributed by atoms with Gasteiger partial charge in [0.25, 0.3) is 0 Å². The average Bonchev–Trinajstić information content (AvgIpc) is 1.88. The second kappa shape index (κ2) is 3.72. The number of hydrogen-bond acceptors (Lipinski definition) is 1. The molecule has 0 radical (unpaired) electrons. The van der Waals surface area contributed by atoms with E-state index in [-0.39, 0.29) is 0 Å². The van der Waals surface area contributed by atoms with Crippen molar-refractivity contribution in [3.05, 3.63) is 23.8 Å². The Balaban J connectivity index is 4.55. The maximum absolute atomic E-state index is 9.82. The predicted molar refractivity (Wildman–Crippen MR) is 49.5 cm³/mol. The van der Waals surface area contributed by atoms with Crippen LogP contribution in [0, 0.1) is 0 Å². The van der Waals surface area contributed by atoms with Gasteiger partial charge in [-0.05, 0) is 38.3 Å². The molecule has 0 bridgehead atoms. The highest BCUT2D eigenvalue weighted by atomic mass is 16.3. The van der Waals surface area contributed by atoms with Crippen LogP contribution in [0.1, 0.15) is 34.1 Å². The SMILES string of the molecule is C=C(C)C(C)(O)C(C)=CCC. The molecule has 1 heteroatoms. The fourth-order valence-electron chi connectivity index (χ4n) is 0.842. The topological polar surface area (TPSA) is 20.2 Å². The van der Waals surface area contributed by atoms with Crippen molar-refractivity contribution in [2.24, 2.45) is 0 Å². The lowest BCUT2D eigenvalue weighted by Gasteiger charge is -2.24. The summed E-state index contributed by atoms with van der Waals surface area (Å²) in [4.78, 5) is 0. The molecule has 0 aliphatic carbocycles. The standard InChI is InChI=1S/C10H18O/c1-6-7-9(4)10(5,11)8(2)3/h7,11H,2,6H2,1,3-5H3. The molecule has 64 valence electrons. The van der Waals surface area contributed by atoms with Gasteiger partial charge in [0.1, 0.15) is 5.60 Å². The van der Waals surface area contributed by atoms with Crippen LogP contribution in [0.25, 0.3) is 0 Å². The first-order chi connectivity index (χ1) is 4.92. The lowest BCUT2D eigenvalue weighted by atomic mass is 9.90. The Morgan fingerprint density at radius 3 is 2.27 bits per heavy atom. The summed E-state index contributed by atoms with van der Waals surface area (Å²) in [5.74, 6) is 0. The van der Waals surface area contributed by atoms with Gasteiger partial charge in [0, 0.05) is 0 Å². The Morgan fingerprint density at radius 1 is 1.55 bits per heavy atom. The van der Waals surface area contributed by atoms with E-state index in [1.807, 2.05) is 19.9 Å². The molecule has 0 spiro atoms. The minimum Gasteiger partial charge on any atom is -0.381 e. The molecular formula is C10H18O. The molecule has 0 rings (SSSR count). The van der Waals surface area contributed by atoms with Crippen LogP contribution in [0.3, 0.4) is 0 Å². The van der Waals surface area contributed by atoms with Gasteiger partial charge in [-0.3, -0.25) is 0 Å². The molecule has 0 aromatic carbocycles. The fourth-order valence-corrected chi connectivity index (χ4v) is 0.842. The summed E-state index contributed by atoms with van der Waals surface area (Å²) < 4.78 is 0. The van der Waals surface area contributed by atoms with E-state index >= 15 is 0 Å². The van der Waals surface area contributed by atoms with Crippen LogP contribution in [0.5, 0.6) is 0 Å². The first-order valence-corrected chi connectivity index (χ1v) is 3.98. The van der Waals surface area contributed by atoms with Crippen molar-refractivity contribution < 1.29 is 5.11 Å². The second-order valence-corrected chi connectivity index (χ2v) is 3.15. The summed E-state index contributed by atoms with van der Waals surface area (Å²) in [6, 6.07) is 0. The summed E-state index contributed by atoms with van der Waals surface area (Å²) in [7, 11) is 0. The molecule has 0 aromatic heterocycles. The molecule has 0 aromatic rings. The van der Waals surface area contributed by atoms with Crippen LogP contribution in [-0.4, -0.2) is 10.7 Å². The highest BCUT2D eigenvalue weighted by Crippen LogP contribution is 2.23. The second-order valence-electron chi connectivity index (χ2n) is 3.15. The minimum absolute atomic E-state index is 0.791. The van der Waals surface area contributed by atoms with Gasteiger partial charge < -0.3 is 5.11 Å². The highest BCUT2D eigenvalue weighted by Gasteiger charge is 2.22. The van der Waals surface area contributed by atoms with E-state index in [1.165, 1.54) is 0 Å². The maximum Gasteiger partial charge on any atom is 0.103 e. The smallest absolute Gasteiger partial charge is 0.103 e. The van der Waals surface area contributed by atoms with Crippen molar-refractivity contribution in [3.63, 3.8) is 0 Å². The average molecular weight is 154 g/mol. The summed E-state index contributed by atoms with van der Waals surface area (Å²) in [5, 5.41) is 9.82. The van der Waals surface area contributed by atoms with Crippen molar-refractivity contribution in [1.82, 2.24) is 0 Å². The highest BCUT2D eigenvalue weighted by molar-refractivity contribution is 5.25. The molecule has 1 atom stereocenters. The molecular weight excluding hydrogens is 136 g/mol. The Bertz CT molecular complexity index is 175. The first-order valence-electron chi connectivity index (χ1n) is 3.98. The van der Waals surface area contributed by atoms with Gasteiger partial charge in [-0.25, -0.2) is 0 Å². The van der Waals surface area contributed by atoms with Crippen LogP contribution in [0.4, 0.5) is 0 Å². The molecule has 1 nitrogen and oxygen atoms in total. The summed E-state index contributed by atoms with van der Waals surface area (Å²) >= 11 is 0. The molecule has 0 aliphatic rings. The van der Waals surface area contributed by atoms with Crippen molar-refractivity contribution in [2.75, 3.05) is 0 Å². The lowest BCUT2D eigenvalue weighted by molar-refractivity contribution is 0.138. The Morgan fingerprint density at radius 2 is 2.00 bits per heavy atom. The van der Waals surface area contributed by atoms with E-state index in [0.717, 1.165) is 17.6 Å². The van der Waals surface area contributed by atoms with E-state index in [0.29, 0.717) is 0 Å². The van der Waals surface area contributed by atoms with Gasteiger partial charge in [0.15, 0.2) is 0 Å². The van der Waals surface area contributed by atoms with E-state index < -0.39 is 5.60 Å². The first kappa shape index (κ1) is 10.4. The summed E-state index contributed by atoms with van der Waals surface area (Å²) in [6.07, 6.45) is 2.98. The molecule has 0 heterocycles. The molecule has 0 aliphatic heterocycles. The predicted octanol–water partition coefficient (Wildman–Crippen LogP) is 2.67. The zero-order chi connectivity index (χ0) is 9.07. The minimum atomic E-state index is -0.823. The molecule has 0 amide bonds. The summed E-state index contributed by atoms with van der Waals surface area (Å²) in [6.45, 7) is 11.3. The largest absolute Gasteiger partial charge is 0.381 e.